The lowest BCUT2D eigenvalue weighted by molar-refractivity contribution is 0.433. The number of halogens is 1. The van der Waals surface area contributed by atoms with Crippen LogP contribution in [0.15, 0.2) is 22.7 Å². The fourth-order valence-electron chi connectivity index (χ4n) is 1.13. The molecule has 0 atom stereocenters. The summed E-state index contributed by atoms with van der Waals surface area (Å²) < 4.78 is 4.92. The average molecular weight is 210 g/mol. The lowest BCUT2D eigenvalue weighted by Crippen LogP contribution is -1.86. The summed E-state index contributed by atoms with van der Waals surface area (Å²) in [5, 5.41) is 4.21. The summed E-state index contributed by atoms with van der Waals surface area (Å²) in [5.41, 5.74) is 7.12. The van der Waals surface area contributed by atoms with E-state index in [0.29, 0.717) is 10.9 Å². The van der Waals surface area contributed by atoms with Crippen LogP contribution in [0.25, 0.3) is 11.5 Å². The minimum atomic E-state index is 0.132. The van der Waals surface area contributed by atoms with Gasteiger partial charge in [-0.2, -0.15) is 4.98 Å². The van der Waals surface area contributed by atoms with Crippen molar-refractivity contribution in [1.29, 1.82) is 0 Å². The molecule has 1 aromatic carbocycles. The average Bonchev–Trinajstić information content (AvgIpc) is 2.57. The third-order valence-corrected chi connectivity index (χ3v) is 2.27. The number of nitrogens with two attached hydrogens (primary N) is 1. The number of rotatable bonds is 1. The zero-order chi connectivity index (χ0) is 10.1. The summed E-state index contributed by atoms with van der Waals surface area (Å²) in [4.78, 5) is 3.91. The van der Waals surface area contributed by atoms with E-state index >= 15 is 0 Å². The molecule has 0 spiro atoms. The Kier molecular flexibility index (Phi) is 2.13. The minimum absolute atomic E-state index is 0.132. The molecule has 0 unspecified atom stereocenters. The molecule has 0 saturated heterocycles. The Hall–Kier alpha value is -1.55. The molecule has 0 radical (unpaired) electrons. The number of nitrogens with zero attached hydrogens (tertiary/aromatic N) is 2. The first-order valence-electron chi connectivity index (χ1n) is 4.02. The summed E-state index contributed by atoms with van der Waals surface area (Å²) in [5.74, 6) is 0.537. The predicted molar refractivity (Wildman–Crippen MR) is 53.9 cm³/mol. The first-order chi connectivity index (χ1) is 6.66. The van der Waals surface area contributed by atoms with Crippen molar-refractivity contribution in [2.45, 2.75) is 6.92 Å². The Morgan fingerprint density at radius 1 is 1.43 bits per heavy atom. The molecule has 0 amide bonds. The summed E-state index contributed by atoms with van der Waals surface area (Å²) in [6.45, 7) is 1.91. The van der Waals surface area contributed by atoms with Gasteiger partial charge in [0.05, 0.1) is 0 Å². The second kappa shape index (κ2) is 3.31. The highest BCUT2D eigenvalue weighted by molar-refractivity contribution is 6.31. The number of nitrogen functional groups attached to an aromatic ring is 1. The fourth-order valence-corrected chi connectivity index (χ4v) is 1.25. The Labute approximate surface area is 85.7 Å². The molecule has 14 heavy (non-hydrogen) atoms. The molecule has 0 fully saturated rings. The molecule has 0 aliphatic rings. The van der Waals surface area contributed by atoms with E-state index in [9.17, 15) is 0 Å². The largest absolute Gasteiger partial charge is 0.365 e. The summed E-state index contributed by atoms with van der Waals surface area (Å²) >= 11 is 5.88. The Bertz CT molecular complexity index is 467. The monoisotopic (exact) mass is 209 g/mol. The first-order valence-corrected chi connectivity index (χ1v) is 4.40. The summed E-state index contributed by atoms with van der Waals surface area (Å²) in [6, 6.07) is 5.46. The van der Waals surface area contributed by atoms with Crippen LogP contribution in [0.3, 0.4) is 0 Å². The fraction of sp³-hybridized carbons (Fsp3) is 0.111. The molecular weight excluding hydrogens is 202 g/mol. The van der Waals surface area contributed by atoms with Crippen molar-refractivity contribution in [3.63, 3.8) is 0 Å². The highest BCUT2D eigenvalue weighted by Crippen LogP contribution is 2.23. The van der Waals surface area contributed by atoms with E-state index in [1.807, 2.05) is 19.1 Å². The molecule has 5 heteroatoms. The molecule has 1 aromatic heterocycles. The van der Waals surface area contributed by atoms with Crippen LogP contribution in [0.4, 0.5) is 5.95 Å². The molecule has 0 aliphatic heterocycles. The molecule has 0 saturated carbocycles. The Balaban J connectivity index is 2.47. The van der Waals surface area contributed by atoms with Gasteiger partial charge in [-0.15, -0.1) is 0 Å². The van der Waals surface area contributed by atoms with Crippen molar-refractivity contribution < 1.29 is 4.52 Å². The second-order valence-corrected chi connectivity index (χ2v) is 3.33. The second-order valence-electron chi connectivity index (χ2n) is 2.92. The zero-order valence-corrected chi connectivity index (χ0v) is 8.25. The third-order valence-electron chi connectivity index (χ3n) is 1.85. The highest BCUT2D eigenvalue weighted by atomic mass is 35.5. The van der Waals surface area contributed by atoms with Crippen LogP contribution < -0.4 is 5.73 Å². The number of benzene rings is 1. The Morgan fingerprint density at radius 3 is 2.79 bits per heavy atom. The summed E-state index contributed by atoms with van der Waals surface area (Å²) in [7, 11) is 0. The molecule has 4 nitrogen and oxygen atoms in total. The lowest BCUT2D eigenvalue weighted by atomic mass is 10.1. The Morgan fingerprint density at radius 2 is 2.21 bits per heavy atom. The molecule has 0 bridgehead atoms. The summed E-state index contributed by atoms with van der Waals surface area (Å²) in [6.07, 6.45) is 0. The number of hydrogen-bond donors (Lipinski definition) is 1. The zero-order valence-electron chi connectivity index (χ0n) is 7.49. The van der Waals surface area contributed by atoms with Gasteiger partial charge in [0.25, 0.3) is 11.8 Å². The quantitative estimate of drug-likeness (QED) is 0.783. The van der Waals surface area contributed by atoms with E-state index in [0.717, 1.165) is 11.1 Å². The number of aryl methyl sites for hydroxylation is 1. The van der Waals surface area contributed by atoms with Crippen LogP contribution in [-0.4, -0.2) is 10.1 Å². The van der Waals surface area contributed by atoms with Gasteiger partial charge in [0, 0.05) is 10.6 Å². The lowest BCUT2D eigenvalue weighted by Gasteiger charge is -1.98. The predicted octanol–water partition coefficient (Wildman–Crippen LogP) is 2.28. The minimum Gasteiger partial charge on any atom is -0.365 e. The standard InChI is InChI=1S/C9H8ClN3O/c1-5-4-6(2-3-7(5)10)8-12-9(11)13-14-8/h2-4H,1H3,(H2,11,13). The van der Waals surface area contributed by atoms with Gasteiger partial charge in [0.1, 0.15) is 0 Å². The topological polar surface area (TPSA) is 64.9 Å². The third kappa shape index (κ3) is 1.56. The van der Waals surface area contributed by atoms with E-state index < -0.39 is 0 Å². The molecular formula is C9H8ClN3O. The first kappa shape index (κ1) is 9.02. The van der Waals surface area contributed by atoms with Crippen molar-refractivity contribution in [2.75, 3.05) is 5.73 Å². The maximum Gasteiger partial charge on any atom is 0.261 e. The SMILES string of the molecule is Cc1cc(-c2nc(N)no2)ccc1Cl. The maximum absolute atomic E-state index is 5.88. The molecule has 2 aromatic rings. The van der Waals surface area contributed by atoms with Crippen molar-refractivity contribution in [1.82, 2.24) is 10.1 Å². The smallest absolute Gasteiger partial charge is 0.261 e. The van der Waals surface area contributed by atoms with Crippen LogP contribution in [0.2, 0.25) is 5.02 Å². The van der Waals surface area contributed by atoms with E-state index in [1.165, 1.54) is 0 Å². The molecule has 1 heterocycles. The van der Waals surface area contributed by atoms with Gasteiger partial charge in [-0.25, -0.2) is 0 Å². The van der Waals surface area contributed by atoms with Crippen LogP contribution in [0.5, 0.6) is 0 Å². The van der Waals surface area contributed by atoms with E-state index in [1.54, 1.807) is 6.07 Å². The van der Waals surface area contributed by atoms with Crippen LogP contribution in [0.1, 0.15) is 5.56 Å². The van der Waals surface area contributed by atoms with E-state index in [-0.39, 0.29) is 5.95 Å². The van der Waals surface area contributed by atoms with E-state index in [2.05, 4.69) is 10.1 Å². The van der Waals surface area contributed by atoms with Gasteiger partial charge < -0.3 is 10.3 Å². The van der Waals surface area contributed by atoms with Gasteiger partial charge >= 0.3 is 0 Å². The van der Waals surface area contributed by atoms with Gasteiger partial charge in [-0.3, -0.25) is 0 Å². The van der Waals surface area contributed by atoms with Gasteiger partial charge in [-0.05, 0) is 35.8 Å². The van der Waals surface area contributed by atoms with Crippen molar-refractivity contribution in [2.24, 2.45) is 0 Å². The molecule has 2 rings (SSSR count). The van der Waals surface area contributed by atoms with Crippen LogP contribution >= 0.6 is 11.6 Å². The van der Waals surface area contributed by atoms with Crippen molar-refractivity contribution in [3.05, 3.63) is 28.8 Å². The van der Waals surface area contributed by atoms with Gasteiger partial charge in [0.2, 0.25) is 0 Å². The molecule has 0 aliphatic carbocycles. The van der Waals surface area contributed by atoms with Crippen molar-refractivity contribution >= 4 is 17.5 Å². The molecule has 2 N–H and O–H groups in total. The van der Waals surface area contributed by atoms with E-state index in [4.69, 9.17) is 21.9 Å². The maximum atomic E-state index is 5.88. The van der Waals surface area contributed by atoms with Crippen LogP contribution in [-0.2, 0) is 0 Å². The number of hydrogen-bond acceptors (Lipinski definition) is 4. The number of aromatic nitrogens is 2. The molecule has 72 valence electrons. The van der Waals surface area contributed by atoms with Crippen LogP contribution in [0, 0.1) is 6.92 Å². The normalized spacial score (nSPS) is 10.4. The van der Waals surface area contributed by atoms with Gasteiger partial charge in [0.15, 0.2) is 0 Å². The van der Waals surface area contributed by atoms with Crippen molar-refractivity contribution in [3.8, 4) is 11.5 Å². The van der Waals surface area contributed by atoms with Gasteiger partial charge in [-0.1, -0.05) is 11.6 Å². The highest BCUT2D eigenvalue weighted by Gasteiger charge is 2.07. The number of anilines is 1.